The Morgan fingerprint density at radius 2 is 2.26 bits per heavy atom. The lowest BCUT2D eigenvalue weighted by Crippen LogP contribution is -2.13. The maximum atomic E-state index is 5.74. The zero-order chi connectivity index (χ0) is 13.8. The number of thiocarbonyl (C=S) groups is 1. The Morgan fingerprint density at radius 3 is 2.89 bits per heavy atom. The van der Waals surface area contributed by atoms with Gasteiger partial charge in [-0.25, -0.2) is 4.98 Å². The van der Waals surface area contributed by atoms with Gasteiger partial charge in [-0.2, -0.15) is 0 Å². The lowest BCUT2D eigenvalue weighted by atomic mass is 10.1. The Morgan fingerprint density at radius 1 is 1.47 bits per heavy atom. The number of aromatic nitrogens is 1. The van der Waals surface area contributed by atoms with Gasteiger partial charge >= 0.3 is 0 Å². The van der Waals surface area contributed by atoms with E-state index in [1.54, 1.807) is 11.3 Å². The van der Waals surface area contributed by atoms with E-state index in [1.807, 2.05) is 25.3 Å². The summed E-state index contributed by atoms with van der Waals surface area (Å²) in [6.07, 6.45) is 2.96. The summed E-state index contributed by atoms with van der Waals surface area (Å²) in [6, 6.07) is 6.03. The van der Waals surface area contributed by atoms with Gasteiger partial charge in [-0.15, -0.1) is 11.3 Å². The van der Waals surface area contributed by atoms with E-state index < -0.39 is 0 Å². The molecule has 3 nitrogen and oxygen atoms in total. The molecule has 0 aliphatic heterocycles. The quantitative estimate of drug-likeness (QED) is 0.830. The Labute approximate surface area is 122 Å². The van der Waals surface area contributed by atoms with E-state index in [-0.39, 0.29) is 0 Å². The van der Waals surface area contributed by atoms with Crippen LogP contribution in [0.3, 0.4) is 0 Å². The minimum absolute atomic E-state index is 0.413. The van der Waals surface area contributed by atoms with E-state index in [4.69, 9.17) is 18.0 Å². The van der Waals surface area contributed by atoms with Crippen LogP contribution >= 0.6 is 23.6 Å². The third kappa shape index (κ3) is 3.52. The minimum Gasteiger partial charge on any atom is -0.389 e. The van der Waals surface area contributed by atoms with Crippen LogP contribution in [0.25, 0.3) is 0 Å². The highest BCUT2D eigenvalue weighted by atomic mass is 32.1. The molecule has 3 N–H and O–H groups in total. The Balaban J connectivity index is 2.14. The van der Waals surface area contributed by atoms with Crippen LogP contribution in [-0.4, -0.2) is 9.97 Å². The first kappa shape index (κ1) is 14.0. The average Bonchev–Trinajstić information content (AvgIpc) is 2.84. The maximum absolute atomic E-state index is 5.74. The van der Waals surface area contributed by atoms with Gasteiger partial charge in [0.2, 0.25) is 0 Å². The molecular weight excluding hydrogens is 274 g/mol. The topological polar surface area (TPSA) is 50.9 Å². The van der Waals surface area contributed by atoms with E-state index >= 15 is 0 Å². The van der Waals surface area contributed by atoms with Crippen molar-refractivity contribution in [3.8, 4) is 0 Å². The molecule has 1 aromatic heterocycles. The molecule has 0 saturated heterocycles. The number of rotatable bonds is 5. The minimum atomic E-state index is 0.413. The number of nitrogens with zero attached hydrogens (tertiary/aromatic N) is 1. The van der Waals surface area contributed by atoms with Gasteiger partial charge in [0, 0.05) is 22.3 Å². The van der Waals surface area contributed by atoms with Crippen molar-refractivity contribution in [2.24, 2.45) is 5.73 Å². The van der Waals surface area contributed by atoms with Gasteiger partial charge in [0.1, 0.15) is 10.00 Å². The zero-order valence-corrected chi connectivity index (χ0v) is 12.7. The standard InChI is InChI=1S/C14H17N3S2/c1-3-10-7-17-13(19-10)8-16-12-6-9(2)4-5-11(12)14(15)18/h4-7,16H,3,8H2,1-2H3,(H2,15,18). The molecule has 1 heterocycles. The molecule has 0 bridgehead atoms. The van der Waals surface area contributed by atoms with Gasteiger partial charge in [0.25, 0.3) is 0 Å². The maximum Gasteiger partial charge on any atom is 0.112 e. The normalized spacial score (nSPS) is 10.4. The lowest BCUT2D eigenvalue weighted by Gasteiger charge is -2.11. The number of benzene rings is 1. The second-order valence-corrected chi connectivity index (χ2v) is 5.98. The Kier molecular flexibility index (Phi) is 4.50. The van der Waals surface area contributed by atoms with Crippen LogP contribution in [0.15, 0.2) is 24.4 Å². The molecule has 0 radical (unpaired) electrons. The number of hydrogen-bond donors (Lipinski definition) is 2. The van der Waals surface area contributed by atoms with Crippen molar-refractivity contribution in [3.05, 3.63) is 45.4 Å². The van der Waals surface area contributed by atoms with E-state index in [9.17, 15) is 0 Å². The molecule has 0 fully saturated rings. The molecule has 0 spiro atoms. The smallest absolute Gasteiger partial charge is 0.112 e. The number of thiazole rings is 1. The van der Waals surface area contributed by atoms with Gasteiger partial charge in [-0.1, -0.05) is 25.2 Å². The van der Waals surface area contributed by atoms with E-state index in [2.05, 4.69) is 23.3 Å². The fraction of sp³-hybridized carbons (Fsp3) is 0.286. The van der Waals surface area contributed by atoms with Gasteiger partial charge in [0.05, 0.1) is 6.54 Å². The molecule has 19 heavy (non-hydrogen) atoms. The Bertz CT molecular complexity index is 590. The first-order valence-corrected chi connectivity index (χ1v) is 7.40. The fourth-order valence-electron chi connectivity index (χ4n) is 1.78. The van der Waals surface area contributed by atoms with E-state index in [0.717, 1.165) is 22.7 Å². The second-order valence-electron chi connectivity index (χ2n) is 4.34. The van der Waals surface area contributed by atoms with Crippen molar-refractivity contribution in [1.29, 1.82) is 0 Å². The van der Waals surface area contributed by atoms with Crippen molar-refractivity contribution in [3.63, 3.8) is 0 Å². The zero-order valence-electron chi connectivity index (χ0n) is 11.1. The van der Waals surface area contributed by atoms with Gasteiger partial charge < -0.3 is 11.1 Å². The molecule has 0 atom stereocenters. The van der Waals surface area contributed by atoms with E-state index in [1.165, 1.54) is 10.4 Å². The van der Waals surface area contributed by atoms with Crippen LogP contribution in [-0.2, 0) is 13.0 Å². The van der Waals surface area contributed by atoms with Gasteiger partial charge in [-0.3, -0.25) is 0 Å². The SMILES string of the molecule is CCc1cnc(CNc2cc(C)ccc2C(N)=S)s1. The molecule has 2 aromatic rings. The van der Waals surface area contributed by atoms with Crippen LogP contribution in [0.1, 0.15) is 27.9 Å². The molecular formula is C14H17N3S2. The number of nitrogens with two attached hydrogens (primary N) is 1. The molecule has 100 valence electrons. The Hall–Kier alpha value is -1.46. The van der Waals surface area contributed by atoms with Crippen molar-refractivity contribution in [2.75, 3.05) is 5.32 Å². The molecule has 0 unspecified atom stereocenters. The molecule has 0 aliphatic rings. The van der Waals surface area contributed by atoms with Crippen LogP contribution in [0.5, 0.6) is 0 Å². The van der Waals surface area contributed by atoms with Crippen molar-refractivity contribution < 1.29 is 0 Å². The monoisotopic (exact) mass is 291 g/mol. The largest absolute Gasteiger partial charge is 0.389 e. The molecule has 0 saturated carbocycles. The average molecular weight is 291 g/mol. The number of aryl methyl sites for hydroxylation is 2. The first-order chi connectivity index (χ1) is 9.10. The summed E-state index contributed by atoms with van der Waals surface area (Å²) in [5.41, 5.74) is 8.77. The summed E-state index contributed by atoms with van der Waals surface area (Å²) in [4.78, 5) is 6.11. The van der Waals surface area contributed by atoms with Crippen LogP contribution < -0.4 is 11.1 Å². The molecule has 5 heteroatoms. The highest BCUT2D eigenvalue weighted by molar-refractivity contribution is 7.80. The summed E-state index contributed by atoms with van der Waals surface area (Å²) in [6.45, 7) is 4.88. The highest BCUT2D eigenvalue weighted by Gasteiger charge is 2.06. The second kappa shape index (κ2) is 6.12. The van der Waals surface area contributed by atoms with Crippen LogP contribution in [0.2, 0.25) is 0 Å². The third-order valence-corrected chi connectivity index (χ3v) is 4.18. The summed E-state index contributed by atoms with van der Waals surface area (Å²) >= 11 is 6.80. The summed E-state index contributed by atoms with van der Waals surface area (Å²) in [7, 11) is 0. The van der Waals surface area contributed by atoms with Gasteiger partial charge in [-0.05, 0) is 31.0 Å². The lowest BCUT2D eigenvalue weighted by molar-refractivity contribution is 1.09. The highest BCUT2D eigenvalue weighted by Crippen LogP contribution is 2.20. The molecule has 2 rings (SSSR count). The predicted molar refractivity (Wildman–Crippen MR) is 85.9 cm³/mol. The number of anilines is 1. The third-order valence-electron chi connectivity index (χ3n) is 2.82. The number of nitrogens with one attached hydrogen (secondary N) is 1. The van der Waals surface area contributed by atoms with Gasteiger partial charge in [0.15, 0.2) is 0 Å². The fourth-order valence-corrected chi connectivity index (χ4v) is 2.76. The predicted octanol–water partition coefficient (Wildman–Crippen LogP) is 3.26. The summed E-state index contributed by atoms with van der Waals surface area (Å²) < 4.78 is 0. The molecule has 0 aliphatic carbocycles. The van der Waals surface area contributed by atoms with Crippen molar-refractivity contribution >= 4 is 34.2 Å². The summed E-state index contributed by atoms with van der Waals surface area (Å²) in [5, 5.41) is 4.45. The molecule has 1 aromatic carbocycles. The van der Waals surface area contributed by atoms with Crippen molar-refractivity contribution in [2.45, 2.75) is 26.8 Å². The number of hydrogen-bond acceptors (Lipinski definition) is 4. The van der Waals surface area contributed by atoms with Crippen LogP contribution in [0, 0.1) is 6.92 Å². The van der Waals surface area contributed by atoms with Crippen molar-refractivity contribution in [1.82, 2.24) is 4.98 Å². The summed E-state index contributed by atoms with van der Waals surface area (Å²) in [5.74, 6) is 0. The van der Waals surface area contributed by atoms with Crippen LogP contribution in [0.4, 0.5) is 5.69 Å². The van der Waals surface area contributed by atoms with E-state index in [0.29, 0.717) is 11.5 Å². The first-order valence-electron chi connectivity index (χ1n) is 6.18. The molecule has 0 amide bonds.